The fraction of sp³-hybridized carbons (Fsp3) is 0.458. The van der Waals surface area contributed by atoms with Gasteiger partial charge in [-0.15, -0.1) is 0 Å². The first-order valence-corrected chi connectivity index (χ1v) is 12.7. The van der Waals surface area contributed by atoms with Gasteiger partial charge in [0.1, 0.15) is 0 Å². The number of ether oxygens (including phenoxy) is 2. The molecule has 2 heterocycles. The number of anilines is 1. The lowest BCUT2D eigenvalue weighted by atomic mass is 9.97. The van der Waals surface area contributed by atoms with Crippen LogP contribution in [0.1, 0.15) is 24.8 Å². The molecule has 2 aliphatic rings. The zero-order chi connectivity index (χ0) is 23.4. The summed E-state index contributed by atoms with van der Waals surface area (Å²) >= 11 is 0. The predicted molar refractivity (Wildman–Crippen MR) is 126 cm³/mol. The minimum atomic E-state index is -3.66. The van der Waals surface area contributed by atoms with Crippen molar-refractivity contribution in [1.29, 1.82) is 0 Å². The molecule has 0 spiro atoms. The van der Waals surface area contributed by atoms with Crippen LogP contribution in [-0.2, 0) is 21.4 Å². The number of nitrogens with zero attached hydrogens (tertiary/aromatic N) is 2. The molecule has 0 aliphatic carbocycles. The van der Waals surface area contributed by atoms with Gasteiger partial charge in [0.15, 0.2) is 11.5 Å². The molecule has 8 nitrogen and oxygen atoms in total. The highest BCUT2D eigenvalue weighted by atomic mass is 32.2. The molecule has 0 aromatic heterocycles. The molecule has 1 amide bonds. The quantitative estimate of drug-likeness (QED) is 0.694. The van der Waals surface area contributed by atoms with E-state index in [0.29, 0.717) is 57.2 Å². The smallest absolute Gasteiger partial charge is 0.243 e. The van der Waals surface area contributed by atoms with Gasteiger partial charge in [0.05, 0.1) is 18.1 Å². The lowest BCUT2D eigenvalue weighted by Crippen LogP contribution is -2.42. The van der Waals surface area contributed by atoms with Crippen LogP contribution in [0.4, 0.5) is 5.69 Å². The Morgan fingerprint density at radius 1 is 1.03 bits per heavy atom. The monoisotopic (exact) mass is 473 g/mol. The van der Waals surface area contributed by atoms with Gasteiger partial charge >= 0.3 is 0 Å². The van der Waals surface area contributed by atoms with Crippen molar-refractivity contribution in [3.8, 4) is 11.5 Å². The third kappa shape index (κ3) is 5.42. The SMILES string of the molecule is CN(C)c1ccc(CNC(=O)C2CCN(S(=O)(=O)c3ccc4c(c3)OCCCO4)CC2)cc1. The van der Waals surface area contributed by atoms with Gasteiger partial charge in [-0.2, -0.15) is 4.31 Å². The first kappa shape index (κ1) is 23.4. The van der Waals surface area contributed by atoms with Gasteiger partial charge in [-0.05, 0) is 42.7 Å². The van der Waals surface area contributed by atoms with Crippen LogP contribution in [0.5, 0.6) is 11.5 Å². The van der Waals surface area contributed by atoms with E-state index in [4.69, 9.17) is 9.47 Å². The second-order valence-corrected chi connectivity index (χ2v) is 10.6. The minimum absolute atomic E-state index is 0.0284. The normalized spacial score (nSPS) is 17.3. The Morgan fingerprint density at radius 3 is 2.36 bits per heavy atom. The number of piperidine rings is 1. The van der Waals surface area contributed by atoms with E-state index in [-0.39, 0.29) is 16.7 Å². The summed E-state index contributed by atoms with van der Waals surface area (Å²) in [6.07, 6.45) is 1.75. The summed E-state index contributed by atoms with van der Waals surface area (Å²) in [7, 11) is 0.308. The molecule has 0 bridgehead atoms. The van der Waals surface area contributed by atoms with Crippen LogP contribution < -0.4 is 19.7 Å². The van der Waals surface area contributed by atoms with Crippen molar-refractivity contribution in [3.63, 3.8) is 0 Å². The first-order valence-electron chi connectivity index (χ1n) is 11.3. The van der Waals surface area contributed by atoms with Crippen molar-refractivity contribution in [1.82, 2.24) is 9.62 Å². The average molecular weight is 474 g/mol. The predicted octanol–water partition coefficient (Wildman–Crippen LogP) is 2.63. The lowest BCUT2D eigenvalue weighted by molar-refractivity contribution is -0.126. The van der Waals surface area contributed by atoms with Gasteiger partial charge in [0.25, 0.3) is 0 Å². The van der Waals surface area contributed by atoms with Gasteiger partial charge in [0.2, 0.25) is 15.9 Å². The largest absolute Gasteiger partial charge is 0.490 e. The maximum atomic E-state index is 13.1. The van der Waals surface area contributed by atoms with Crippen molar-refractivity contribution >= 4 is 21.6 Å². The van der Waals surface area contributed by atoms with Crippen molar-refractivity contribution in [3.05, 3.63) is 48.0 Å². The first-order chi connectivity index (χ1) is 15.8. The number of sulfonamides is 1. The van der Waals surface area contributed by atoms with E-state index in [1.54, 1.807) is 12.1 Å². The third-order valence-corrected chi connectivity index (χ3v) is 8.00. The average Bonchev–Trinajstić information content (AvgIpc) is 3.08. The van der Waals surface area contributed by atoms with E-state index in [0.717, 1.165) is 17.7 Å². The van der Waals surface area contributed by atoms with Crippen LogP contribution in [-0.4, -0.2) is 59.0 Å². The number of hydrogen-bond donors (Lipinski definition) is 1. The molecule has 9 heteroatoms. The van der Waals surface area contributed by atoms with Crippen LogP contribution in [0.2, 0.25) is 0 Å². The number of amides is 1. The Morgan fingerprint density at radius 2 is 1.70 bits per heavy atom. The molecule has 1 fully saturated rings. The third-order valence-electron chi connectivity index (χ3n) is 6.10. The van der Waals surface area contributed by atoms with Crippen molar-refractivity contribution in [2.24, 2.45) is 5.92 Å². The molecule has 2 aliphatic heterocycles. The zero-order valence-electron chi connectivity index (χ0n) is 19.1. The molecule has 178 valence electrons. The molecule has 1 saturated heterocycles. The van der Waals surface area contributed by atoms with Crippen LogP contribution in [0.15, 0.2) is 47.4 Å². The number of carbonyl (C=O) groups excluding carboxylic acids is 1. The van der Waals surface area contributed by atoms with Gasteiger partial charge in [-0.1, -0.05) is 12.1 Å². The summed E-state index contributed by atoms with van der Waals surface area (Å²) in [4.78, 5) is 14.9. The van der Waals surface area contributed by atoms with E-state index in [1.807, 2.05) is 43.3 Å². The highest BCUT2D eigenvalue weighted by Gasteiger charge is 2.32. The second kappa shape index (κ2) is 10.0. The molecule has 0 atom stereocenters. The number of fused-ring (bicyclic) bond motifs is 1. The van der Waals surface area contributed by atoms with E-state index in [1.165, 1.54) is 10.4 Å². The fourth-order valence-electron chi connectivity index (χ4n) is 4.06. The maximum Gasteiger partial charge on any atom is 0.243 e. The highest BCUT2D eigenvalue weighted by Crippen LogP contribution is 2.33. The van der Waals surface area contributed by atoms with Crippen LogP contribution in [0.3, 0.4) is 0 Å². The molecular formula is C24H31N3O5S. The summed E-state index contributed by atoms with van der Waals surface area (Å²) in [5.74, 6) is 0.806. The van der Waals surface area contributed by atoms with Crippen molar-refractivity contribution in [2.45, 2.75) is 30.7 Å². The number of carbonyl (C=O) groups is 1. The number of benzene rings is 2. The Bertz CT molecular complexity index is 1080. The lowest BCUT2D eigenvalue weighted by Gasteiger charge is -2.30. The fourth-order valence-corrected chi connectivity index (χ4v) is 5.54. The highest BCUT2D eigenvalue weighted by molar-refractivity contribution is 7.89. The van der Waals surface area contributed by atoms with Gasteiger partial charge in [-0.3, -0.25) is 4.79 Å². The van der Waals surface area contributed by atoms with E-state index < -0.39 is 10.0 Å². The van der Waals surface area contributed by atoms with Crippen LogP contribution in [0, 0.1) is 5.92 Å². The van der Waals surface area contributed by atoms with Gasteiger partial charge < -0.3 is 19.7 Å². The number of rotatable bonds is 6. The Hall–Kier alpha value is -2.78. The summed E-state index contributed by atoms with van der Waals surface area (Å²) in [5.41, 5.74) is 2.13. The van der Waals surface area contributed by atoms with E-state index in [2.05, 4.69) is 5.32 Å². The summed E-state index contributed by atoms with van der Waals surface area (Å²) < 4.78 is 39.0. The van der Waals surface area contributed by atoms with E-state index in [9.17, 15) is 13.2 Å². The zero-order valence-corrected chi connectivity index (χ0v) is 19.9. The van der Waals surface area contributed by atoms with Crippen LogP contribution >= 0.6 is 0 Å². The molecule has 2 aromatic carbocycles. The number of hydrogen-bond acceptors (Lipinski definition) is 6. The van der Waals surface area contributed by atoms with Crippen molar-refractivity contribution < 1.29 is 22.7 Å². The van der Waals surface area contributed by atoms with Gasteiger partial charge in [0, 0.05) is 57.8 Å². The topological polar surface area (TPSA) is 88.2 Å². The Kier molecular flexibility index (Phi) is 7.09. The molecule has 2 aromatic rings. The molecule has 4 rings (SSSR count). The van der Waals surface area contributed by atoms with Crippen molar-refractivity contribution in [2.75, 3.05) is 45.3 Å². The molecule has 0 saturated carbocycles. The summed E-state index contributed by atoms with van der Waals surface area (Å²) in [6.45, 7) is 2.13. The molecule has 0 radical (unpaired) electrons. The van der Waals surface area contributed by atoms with Gasteiger partial charge in [-0.25, -0.2) is 8.42 Å². The minimum Gasteiger partial charge on any atom is -0.490 e. The van der Waals surface area contributed by atoms with E-state index >= 15 is 0 Å². The Labute approximate surface area is 195 Å². The number of nitrogens with one attached hydrogen (secondary N) is 1. The Balaban J connectivity index is 1.32. The molecule has 0 unspecified atom stereocenters. The standard InChI is InChI=1S/C24H31N3O5S/c1-26(2)20-6-4-18(5-7-20)17-25-24(28)19-10-12-27(13-11-19)33(29,30)21-8-9-22-23(16-21)32-15-3-14-31-22/h4-9,16,19H,3,10-15,17H2,1-2H3,(H,25,28). The molecular weight excluding hydrogens is 442 g/mol. The summed E-state index contributed by atoms with van der Waals surface area (Å²) in [6, 6.07) is 12.8. The molecule has 1 N–H and O–H groups in total. The second-order valence-electron chi connectivity index (χ2n) is 8.62. The summed E-state index contributed by atoms with van der Waals surface area (Å²) in [5, 5.41) is 2.99. The maximum absolute atomic E-state index is 13.1. The molecule has 33 heavy (non-hydrogen) atoms. The van der Waals surface area contributed by atoms with Crippen LogP contribution in [0.25, 0.3) is 0 Å².